The number of nitrogens with zero attached hydrogens (tertiary/aromatic N) is 3. The minimum atomic E-state index is -0.460. The van der Waals surface area contributed by atoms with E-state index in [1.807, 2.05) is 11.9 Å². The summed E-state index contributed by atoms with van der Waals surface area (Å²) in [6.07, 6.45) is 2.80. The molecule has 2 rings (SSSR count). The maximum absolute atomic E-state index is 11.4. The van der Waals surface area contributed by atoms with Gasteiger partial charge in [-0.05, 0) is 31.7 Å². The van der Waals surface area contributed by atoms with Gasteiger partial charge < -0.3 is 14.5 Å². The van der Waals surface area contributed by atoms with Gasteiger partial charge in [0.1, 0.15) is 5.69 Å². The first kappa shape index (κ1) is 17.0. The number of carbonyl (C=O) groups is 1. The van der Waals surface area contributed by atoms with Gasteiger partial charge in [-0.1, -0.05) is 6.07 Å². The zero-order valence-electron chi connectivity index (χ0n) is 13.4. The molecule has 1 fully saturated rings. The second-order valence-corrected chi connectivity index (χ2v) is 5.38. The molecule has 0 saturated carbocycles. The van der Waals surface area contributed by atoms with Crippen LogP contribution in [0, 0.1) is 10.1 Å². The van der Waals surface area contributed by atoms with Gasteiger partial charge >= 0.3 is 5.97 Å². The summed E-state index contributed by atoms with van der Waals surface area (Å²) in [6, 6.07) is 5.01. The lowest BCUT2D eigenvalue weighted by Gasteiger charge is -2.33. The molecule has 1 heterocycles. The van der Waals surface area contributed by atoms with Gasteiger partial charge in [0.15, 0.2) is 0 Å². The number of carbonyl (C=O) groups excluding carboxylic acids is 1. The number of hydrogen-bond acceptors (Lipinski definition) is 6. The Labute approximate surface area is 135 Å². The number of rotatable bonds is 5. The Morgan fingerprint density at radius 3 is 2.65 bits per heavy atom. The Hall–Kier alpha value is -2.41. The molecule has 1 saturated heterocycles. The summed E-state index contributed by atoms with van der Waals surface area (Å²) >= 11 is 0. The van der Waals surface area contributed by atoms with Crippen molar-refractivity contribution >= 4 is 23.4 Å². The number of anilines is 1. The van der Waals surface area contributed by atoms with Gasteiger partial charge in [-0.2, -0.15) is 0 Å². The monoisotopic (exact) mass is 319 g/mol. The highest BCUT2D eigenvalue weighted by molar-refractivity contribution is 5.87. The van der Waals surface area contributed by atoms with Crippen molar-refractivity contribution in [3.63, 3.8) is 0 Å². The van der Waals surface area contributed by atoms with Crippen LogP contribution in [0.15, 0.2) is 24.3 Å². The third-order valence-corrected chi connectivity index (χ3v) is 3.74. The highest BCUT2D eigenvalue weighted by atomic mass is 16.6. The molecule has 1 aromatic carbocycles. The molecule has 7 nitrogen and oxygen atoms in total. The van der Waals surface area contributed by atoms with Crippen LogP contribution in [0.25, 0.3) is 6.08 Å². The first-order chi connectivity index (χ1) is 11.0. The van der Waals surface area contributed by atoms with Crippen LogP contribution < -0.4 is 4.90 Å². The number of piperazine rings is 1. The molecule has 0 spiro atoms. The van der Waals surface area contributed by atoms with Gasteiger partial charge in [0.05, 0.1) is 11.5 Å². The first-order valence-electron chi connectivity index (χ1n) is 7.58. The predicted octanol–water partition coefficient (Wildman–Crippen LogP) is 1.92. The second-order valence-electron chi connectivity index (χ2n) is 5.38. The molecule has 0 unspecified atom stereocenters. The van der Waals surface area contributed by atoms with Crippen molar-refractivity contribution < 1.29 is 14.5 Å². The molecule has 0 radical (unpaired) electrons. The molecule has 23 heavy (non-hydrogen) atoms. The lowest BCUT2D eigenvalue weighted by Crippen LogP contribution is -2.44. The average Bonchev–Trinajstić information content (AvgIpc) is 2.54. The molecule has 0 amide bonds. The van der Waals surface area contributed by atoms with Gasteiger partial charge in [0, 0.05) is 38.3 Å². The van der Waals surface area contributed by atoms with Gasteiger partial charge in [0.2, 0.25) is 0 Å². The molecule has 0 atom stereocenters. The van der Waals surface area contributed by atoms with E-state index in [4.69, 9.17) is 4.74 Å². The van der Waals surface area contributed by atoms with E-state index in [2.05, 4.69) is 4.90 Å². The maximum Gasteiger partial charge on any atom is 0.330 e. The average molecular weight is 319 g/mol. The highest BCUT2D eigenvalue weighted by Crippen LogP contribution is 2.30. The fraction of sp³-hybridized carbons (Fsp3) is 0.438. The van der Waals surface area contributed by atoms with Crippen LogP contribution in [-0.4, -0.2) is 55.6 Å². The predicted molar refractivity (Wildman–Crippen MR) is 88.5 cm³/mol. The minimum absolute atomic E-state index is 0.0561. The summed E-state index contributed by atoms with van der Waals surface area (Å²) in [5.74, 6) is -0.460. The quantitative estimate of drug-likeness (QED) is 0.357. The molecule has 1 aliphatic heterocycles. The molecule has 1 aromatic rings. The summed E-state index contributed by atoms with van der Waals surface area (Å²) in [7, 11) is 2.04. The number of esters is 1. The van der Waals surface area contributed by atoms with Crippen molar-refractivity contribution in [3.8, 4) is 0 Å². The molecule has 124 valence electrons. The van der Waals surface area contributed by atoms with E-state index in [1.165, 1.54) is 18.2 Å². The number of nitro benzene ring substituents is 1. The Morgan fingerprint density at radius 2 is 2.04 bits per heavy atom. The molecule has 0 aromatic heterocycles. The molecular formula is C16H21N3O4. The van der Waals surface area contributed by atoms with E-state index in [9.17, 15) is 14.9 Å². The summed E-state index contributed by atoms with van der Waals surface area (Å²) < 4.78 is 4.80. The van der Waals surface area contributed by atoms with E-state index in [-0.39, 0.29) is 10.6 Å². The van der Waals surface area contributed by atoms with E-state index in [0.29, 0.717) is 17.9 Å². The van der Waals surface area contributed by atoms with Crippen molar-refractivity contribution in [2.24, 2.45) is 0 Å². The van der Waals surface area contributed by atoms with Crippen LogP contribution in [0.1, 0.15) is 12.5 Å². The van der Waals surface area contributed by atoms with Crippen LogP contribution in [-0.2, 0) is 9.53 Å². The standard InChI is InChI=1S/C16H21N3O4/c1-3-23-16(20)7-5-13-4-6-14(15(12-13)19(21)22)18-10-8-17(2)9-11-18/h4-7,12H,3,8-11H2,1-2H3/b7-5+. The summed E-state index contributed by atoms with van der Waals surface area (Å²) in [6.45, 7) is 5.29. The second kappa shape index (κ2) is 7.73. The number of benzene rings is 1. The number of nitro groups is 1. The van der Waals surface area contributed by atoms with E-state index in [1.54, 1.807) is 19.1 Å². The molecular weight excluding hydrogens is 298 g/mol. The smallest absolute Gasteiger partial charge is 0.330 e. The number of likely N-dealkylation sites (N-methyl/N-ethyl adjacent to an activating group) is 1. The molecule has 7 heteroatoms. The van der Waals surface area contributed by atoms with Crippen molar-refractivity contribution in [3.05, 3.63) is 40.0 Å². The van der Waals surface area contributed by atoms with E-state index >= 15 is 0 Å². The zero-order valence-corrected chi connectivity index (χ0v) is 13.4. The largest absolute Gasteiger partial charge is 0.463 e. The Morgan fingerprint density at radius 1 is 1.35 bits per heavy atom. The van der Waals surface area contributed by atoms with Crippen molar-refractivity contribution in [2.75, 3.05) is 44.7 Å². The summed E-state index contributed by atoms with van der Waals surface area (Å²) in [4.78, 5) is 26.5. The Balaban J connectivity index is 2.21. The van der Waals surface area contributed by atoms with E-state index < -0.39 is 5.97 Å². The van der Waals surface area contributed by atoms with Gasteiger partial charge in [-0.25, -0.2) is 4.79 Å². The fourth-order valence-electron chi connectivity index (χ4n) is 2.46. The zero-order chi connectivity index (χ0) is 16.8. The van der Waals surface area contributed by atoms with Crippen LogP contribution in [0.5, 0.6) is 0 Å². The number of ether oxygens (including phenoxy) is 1. The Bertz CT molecular complexity index is 607. The van der Waals surface area contributed by atoms with Gasteiger partial charge in [-0.15, -0.1) is 0 Å². The third-order valence-electron chi connectivity index (χ3n) is 3.74. The summed E-state index contributed by atoms with van der Waals surface area (Å²) in [5, 5.41) is 11.4. The van der Waals surface area contributed by atoms with Gasteiger partial charge in [0.25, 0.3) is 5.69 Å². The van der Waals surface area contributed by atoms with Crippen molar-refractivity contribution in [1.29, 1.82) is 0 Å². The van der Waals surface area contributed by atoms with Crippen LogP contribution in [0.2, 0.25) is 0 Å². The fourth-order valence-corrected chi connectivity index (χ4v) is 2.46. The van der Waals surface area contributed by atoms with Crippen LogP contribution in [0.3, 0.4) is 0 Å². The topological polar surface area (TPSA) is 75.9 Å². The minimum Gasteiger partial charge on any atom is -0.463 e. The third kappa shape index (κ3) is 4.53. The number of hydrogen-bond donors (Lipinski definition) is 0. The molecule has 0 aliphatic carbocycles. The SMILES string of the molecule is CCOC(=O)/C=C/c1ccc(N2CCN(C)CC2)c([N+](=O)[O-])c1. The normalized spacial score (nSPS) is 15.8. The molecule has 0 N–H and O–H groups in total. The van der Waals surface area contributed by atoms with Crippen molar-refractivity contribution in [2.45, 2.75) is 6.92 Å². The highest BCUT2D eigenvalue weighted by Gasteiger charge is 2.22. The lowest BCUT2D eigenvalue weighted by atomic mass is 10.1. The van der Waals surface area contributed by atoms with Crippen LogP contribution in [0.4, 0.5) is 11.4 Å². The first-order valence-corrected chi connectivity index (χ1v) is 7.58. The van der Waals surface area contributed by atoms with E-state index in [0.717, 1.165) is 26.2 Å². The van der Waals surface area contributed by atoms with Gasteiger partial charge in [-0.3, -0.25) is 10.1 Å². The van der Waals surface area contributed by atoms with Crippen molar-refractivity contribution in [1.82, 2.24) is 4.90 Å². The molecule has 1 aliphatic rings. The Kier molecular flexibility index (Phi) is 5.70. The lowest BCUT2D eigenvalue weighted by molar-refractivity contribution is -0.384. The summed E-state index contributed by atoms with van der Waals surface area (Å²) in [5.41, 5.74) is 1.28. The van der Waals surface area contributed by atoms with Crippen LogP contribution >= 0.6 is 0 Å². The molecule has 0 bridgehead atoms. The maximum atomic E-state index is 11.4.